The highest BCUT2D eigenvalue weighted by Crippen LogP contribution is 1.93. The largest absolute Gasteiger partial charge is 0.152 e. The van der Waals surface area contributed by atoms with E-state index in [1.807, 2.05) is 22.9 Å². The molecule has 0 fully saturated rings. The topological polar surface area (TPSA) is 0 Å². The number of allylic oxidation sites excluding steroid dienone is 4. The van der Waals surface area contributed by atoms with E-state index in [1.165, 1.54) is 0 Å². The maximum atomic E-state index is 2.12. The van der Waals surface area contributed by atoms with Gasteiger partial charge in [0.15, 0.2) is 0 Å². The Hall–Kier alpha value is -0.820. The molecule has 0 amide bonds. The van der Waals surface area contributed by atoms with Crippen molar-refractivity contribution in [1.29, 1.82) is 0 Å². The fourth-order valence-corrected chi connectivity index (χ4v) is 1.07. The van der Waals surface area contributed by atoms with E-state index in [4.69, 9.17) is 0 Å². The first-order valence-electron chi connectivity index (χ1n) is 3.29. The van der Waals surface area contributed by atoms with Crippen LogP contribution in [0.4, 0.5) is 0 Å². The Bertz CT molecular complexity index is 167. The fourth-order valence-electron chi connectivity index (χ4n) is 0.620. The van der Waals surface area contributed by atoms with Crippen LogP contribution in [0.1, 0.15) is 6.42 Å². The Morgan fingerprint density at radius 2 is 1.50 bits per heavy atom. The number of hydrogen-bond acceptors (Lipinski definition) is 1. The molecule has 0 aliphatic heterocycles. The number of thiophene rings is 1. The van der Waals surface area contributed by atoms with E-state index in [2.05, 4.69) is 24.3 Å². The molecule has 1 heteroatoms. The maximum absolute atomic E-state index is 2.12. The summed E-state index contributed by atoms with van der Waals surface area (Å²) in [6.45, 7) is 0. The standard InChI is InChI=1S/C5H6.C4H4S/c2*1-2-4-5-3-1/h1-4H,5H2;1-4H. The second kappa shape index (κ2) is 5.00. The Kier molecular flexibility index (Phi) is 3.65. The molecule has 0 radical (unpaired) electrons. The van der Waals surface area contributed by atoms with E-state index in [9.17, 15) is 0 Å². The molecule has 2 rings (SSSR count). The van der Waals surface area contributed by atoms with Crippen molar-refractivity contribution in [3.8, 4) is 0 Å². The van der Waals surface area contributed by atoms with Crippen molar-refractivity contribution in [3.63, 3.8) is 0 Å². The first kappa shape index (κ1) is 7.29. The van der Waals surface area contributed by atoms with E-state index in [-0.39, 0.29) is 0 Å². The lowest BCUT2D eigenvalue weighted by Gasteiger charge is -1.57. The summed E-state index contributed by atoms with van der Waals surface area (Å²) in [5.41, 5.74) is 0. The van der Waals surface area contributed by atoms with Gasteiger partial charge in [-0.25, -0.2) is 0 Å². The summed E-state index contributed by atoms with van der Waals surface area (Å²) in [6, 6.07) is 4.04. The minimum atomic E-state index is 1.14. The van der Waals surface area contributed by atoms with Crippen molar-refractivity contribution in [2.75, 3.05) is 0 Å². The Morgan fingerprint density at radius 3 is 1.70 bits per heavy atom. The molecular formula is C9H10S. The smallest absolute Gasteiger partial charge is 0.00934 e. The van der Waals surface area contributed by atoms with Crippen LogP contribution in [-0.2, 0) is 0 Å². The quantitative estimate of drug-likeness (QED) is 0.532. The van der Waals surface area contributed by atoms with Crippen LogP contribution >= 0.6 is 11.3 Å². The van der Waals surface area contributed by atoms with Gasteiger partial charge in [-0.3, -0.25) is 0 Å². The molecular weight excluding hydrogens is 140 g/mol. The minimum Gasteiger partial charge on any atom is -0.152 e. The fraction of sp³-hybridized carbons (Fsp3) is 0.111. The summed E-state index contributed by atoms with van der Waals surface area (Å²) in [5.74, 6) is 0. The van der Waals surface area contributed by atoms with Crippen molar-refractivity contribution < 1.29 is 0 Å². The van der Waals surface area contributed by atoms with Crippen molar-refractivity contribution >= 4 is 11.3 Å². The van der Waals surface area contributed by atoms with Gasteiger partial charge in [0.1, 0.15) is 0 Å². The zero-order valence-corrected chi connectivity index (χ0v) is 6.55. The van der Waals surface area contributed by atoms with Crippen LogP contribution in [-0.4, -0.2) is 0 Å². The van der Waals surface area contributed by atoms with E-state index in [0.717, 1.165) is 6.42 Å². The summed E-state index contributed by atoms with van der Waals surface area (Å²) in [4.78, 5) is 0. The van der Waals surface area contributed by atoms with Crippen LogP contribution in [0.5, 0.6) is 0 Å². The molecule has 52 valence electrons. The molecule has 0 unspecified atom stereocenters. The third kappa shape index (κ3) is 3.25. The highest BCUT2D eigenvalue weighted by molar-refractivity contribution is 7.07. The summed E-state index contributed by atoms with van der Waals surface area (Å²) >= 11 is 1.71. The average molecular weight is 150 g/mol. The van der Waals surface area contributed by atoms with Crippen molar-refractivity contribution in [2.45, 2.75) is 6.42 Å². The Morgan fingerprint density at radius 1 is 0.900 bits per heavy atom. The first-order chi connectivity index (χ1) is 5.00. The van der Waals surface area contributed by atoms with Gasteiger partial charge in [0.2, 0.25) is 0 Å². The Labute approximate surface area is 65.5 Å². The molecule has 1 aromatic heterocycles. The van der Waals surface area contributed by atoms with Crippen LogP contribution < -0.4 is 0 Å². The summed E-state index contributed by atoms with van der Waals surface area (Å²) in [7, 11) is 0. The van der Waals surface area contributed by atoms with Gasteiger partial charge in [0.25, 0.3) is 0 Å². The molecule has 10 heavy (non-hydrogen) atoms. The molecule has 1 aliphatic carbocycles. The number of hydrogen-bond donors (Lipinski definition) is 0. The Balaban J connectivity index is 0.0000001000. The van der Waals surface area contributed by atoms with Gasteiger partial charge in [-0.2, -0.15) is 11.3 Å². The molecule has 0 atom stereocenters. The van der Waals surface area contributed by atoms with E-state index in [0.29, 0.717) is 0 Å². The molecule has 0 saturated carbocycles. The molecule has 0 bridgehead atoms. The monoisotopic (exact) mass is 150 g/mol. The van der Waals surface area contributed by atoms with E-state index >= 15 is 0 Å². The molecule has 0 saturated heterocycles. The zero-order valence-electron chi connectivity index (χ0n) is 5.73. The predicted octanol–water partition coefficient (Wildman–Crippen LogP) is 3.25. The average Bonchev–Trinajstić information content (AvgIpc) is 2.67. The van der Waals surface area contributed by atoms with Crippen LogP contribution in [0.3, 0.4) is 0 Å². The lowest BCUT2D eigenvalue weighted by Crippen LogP contribution is -1.37. The third-order valence-corrected chi connectivity index (χ3v) is 1.71. The second-order valence-corrected chi connectivity index (χ2v) is 2.70. The number of rotatable bonds is 0. The maximum Gasteiger partial charge on any atom is -0.00934 e. The molecule has 1 heterocycles. The van der Waals surface area contributed by atoms with Gasteiger partial charge in [0.05, 0.1) is 0 Å². The lowest BCUT2D eigenvalue weighted by molar-refractivity contribution is 1.45. The SMILES string of the molecule is C1=CCC=C1.c1ccsc1. The van der Waals surface area contributed by atoms with Crippen molar-refractivity contribution in [2.24, 2.45) is 0 Å². The molecule has 0 N–H and O–H groups in total. The molecule has 0 spiro atoms. The minimum absolute atomic E-state index is 1.14. The molecule has 0 nitrogen and oxygen atoms in total. The molecule has 1 aliphatic rings. The van der Waals surface area contributed by atoms with Crippen molar-refractivity contribution in [3.05, 3.63) is 47.2 Å². The normalized spacial score (nSPS) is 12.8. The highest BCUT2D eigenvalue weighted by Gasteiger charge is 1.72. The van der Waals surface area contributed by atoms with Gasteiger partial charge in [-0.1, -0.05) is 36.4 Å². The highest BCUT2D eigenvalue weighted by atomic mass is 32.1. The van der Waals surface area contributed by atoms with Crippen molar-refractivity contribution in [1.82, 2.24) is 0 Å². The first-order valence-corrected chi connectivity index (χ1v) is 4.23. The van der Waals surface area contributed by atoms with Gasteiger partial charge >= 0.3 is 0 Å². The van der Waals surface area contributed by atoms with Crippen LogP contribution in [0, 0.1) is 0 Å². The predicted molar refractivity (Wildman–Crippen MR) is 47.2 cm³/mol. The second-order valence-electron chi connectivity index (χ2n) is 1.89. The van der Waals surface area contributed by atoms with Crippen LogP contribution in [0.15, 0.2) is 47.2 Å². The van der Waals surface area contributed by atoms with Gasteiger partial charge < -0.3 is 0 Å². The van der Waals surface area contributed by atoms with Gasteiger partial charge in [0, 0.05) is 0 Å². The summed E-state index contributed by atoms with van der Waals surface area (Å²) < 4.78 is 0. The lowest BCUT2D eigenvalue weighted by atomic mass is 10.5. The van der Waals surface area contributed by atoms with Crippen LogP contribution in [0.2, 0.25) is 0 Å². The third-order valence-electron chi connectivity index (χ3n) is 1.08. The zero-order chi connectivity index (χ0) is 7.07. The van der Waals surface area contributed by atoms with Gasteiger partial charge in [-0.15, -0.1) is 0 Å². The molecule has 1 aromatic rings. The van der Waals surface area contributed by atoms with E-state index < -0.39 is 0 Å². The summed E-state index contributed by atoms with van der Waals surface area (Å²) in [6.07, 6.45) is 9.50. The summed E-state index contributed by atoms with van der Waals surface area (Å²) in [5, 5.41) is 4.08. The van der Waals surface area contributed by atoms with Gasteiger partial charge in [-0.05, 0) is 17.2 Å². The van der Waals surface area contributed by atoms with Crippen LogP contribution in [0.25, 0.3) is 0 Å². The van der Waals surface area contributed by atoms with E-state index in [1.54, 1.807) is 11.3 Å². The molecule has 0 aromatic carbocycles.